The fourth-order valence-corrected chi connectivity index (χ4v) is 1.19. The molecule has 1 aromatic heterocycles. The quantitative estimate of drug-likeness (QED) is 0.582. The topological polar surface area (TPSA) is 56.7 Å². The molecule has 2 aromatic rings. The molecule has 0 aliphatic carbocycles. The highest BCUT2D eigenvalue weighted by Gasteiger charge is 2.03. The summed E-state index contributed by atoms with van der Waals surface area (Å²) < 4.78 is 0. The van der Waals surface area contributed by atoms with Crippen molar-refractivity contribution in [2.75, 3.05) is 5.84 Å². The Morgan fingerprint density at radius 3 is 2.67 bits per heavy atom. The van der Waals surface area contributed by atoms with E-state index < -0.39 is 0 Å². The van der Waals surface area contributed by atoms with Crippen LogP contribution in [0.5, 0.6) is 0 Å². The Morgan fingerprint density at radius 2 is 1.92 bits per heavy atom. The molecule has 0 atom stereocenters. The highest BCUT2D eigenvalue weighted by molar-refractivity contribution is 5.76. The first-order chi connectivity index (χ1) is 5.68. The number of hydrogen-bond acceptors (Lipinski definition) is 3. The monoisotopic (exact) mass is 162 g/mol. The molecule has 2 N–H and O–H groups in total. The van der Waals surface area contributed by atoms with Crippen LogP contribution in [0.1, 0.15) is 11.1 Å². The van der Waals surface area contributed by atoms with Crippen LogP contribution in [0, 0.1) is 13.8 Å². The molecule has 1 heterocycles. The van der Waals surface area contributed by atoms with E-state index in [1.165, 1.54) is 15.9 Å². The average molecular weight is 162 g/mol. The smallest absolute Gasteiger partial charge is 0.115 e. The van der Waals surface area contributed by atoms with Crippen molar-refractivity contribution in [3.63, 3.8) is 0 Å². The number of rotatable bonds is 0. The minimum absolute atomic E-state index is 0.848. The first-order valence-corrected chi connectivity index (χ1v) is 3.76. The van der Waals surface area contributed by atoms with Gasteiger partial charge in [-0.05, 0) is 42.3 Å². The van der Waals surface area contributed by atoms with Crippen molar-refractivity contribution < 1.29 is 0 Å². The third kappa shape index (κ3) is 0.845. The molecule has 4 nitrogen and oxygen atoms in total. The number of nitrogens with zero attached hydrogens (tertiary/aromatic N) is 3. The molecule has 0 bridgehead atoms. The van der Waals surface area contributed by atoms with Crippen molar-refractivity contribution in [2.45, 2.75) is 13.8 Å². The Kier molecular flexibility index (Phi) is 1.30. The van der Waals surface area contributed by atoms with Crippen LogP contribution in [-0.2, 0) is 0 Å². The summed E-state index contributed by atoms with van der Waals surface area (Å²) in [4.78, 5) is 1.29. The van der Waals surface area contributed by atoms with E-state index in [2.05, 4.69) is 10.3 Å². The van der Waals surface area contributed by atoms with Crippen molar-refractivity contribution >= 4 is 11.0 Å². The zero-order chi connectivity index (χ0) is 8.72. The maximum atomic E-state index is 5.54. The molecule has 12 heavy (non-hydrogen) atoms. The van der Waals surface area contributed by atoms with Crippen molar-refractivity contribution in [3.8, 4) is 0 Å². The second-order valence-electron chi connectivity index (χ2n) is 2.96. The highest BCUT2D eigenvalue weighted by atomic mass is 15.6. The summed E-state index contributed by atoms with van der Waals surface area (Å²) in [6.45, 7) is 4.09. The van der Waals surface area contributed by atoms with Gasteiger partial charge in [-0.25, -0.2) is 0 Å². The molecule has 0 unspecified atom stereocenters. The lowest BCUT2D eigenvalue weighted by Crippen LogP contribution is -2.09. The van der Waals surface area contributed by atoms with E-state index in [1.54, 1.807) is 0 Å². The average Bonchev–Trinajstić information content (AvgIpc) is 2.35. The minimum Gasteiger partial charge on any atom is -0.321 e. The Labute approximate surface area is 69.9 Å². The van der Waals surface area contributed by atoms with E-state index in [0.29, 0.717) is 0 Å². The van der Waals surface area contributed by atoms with E-state index in [-0.39, 0.29) is 0 Å². The lowest BCUT2D eigenvalue weighted by Gasteiger charge is -1.98. The minimum atomic E-state index is 0.848. The van der Waals surface area contributed by atoms with Gasteiger partial charge < -0.3 is 5.84 Å². The van der Waals surface area contributed by atoms with Gasteiger partial charge in [0, 0.05) is 0 Å². The van der Waals surface area contributed by atoms with Gasteiger partial charge in [0.1, 0.15) is 11.0 Å². The maximum Gasteiger partial charge on any atom is 0.115 e. The number of nitrogen functional groups attached to an aromatic ring is 1. The molecular weight excluding hydrogens is 152 g/mol. The van der Waals surface area contributed by atoms with Gasteiger partial charge in [-0.15, -0.1) is 5.10 Å². The van der Waals surface area contributed by atoms with Gasteiger partial charge in [0.15, 0.2) is 0 Å². The third-order valence-corrected chi connectivity index (χ3v) is 2.09. The van der Waals surface area contributed by atoms with Gasteiger partial charge in [0.25, 0.3) is 0 Å². The zero-order valence-electron chi connectivity index (χ0n) is 7.07. The fraction of sp³-hybridized carbons (Fsp3) is 0.250. The number of benzene rings is 1. The van der Waals surface area contributed by atoms with Crippen LogP contribution < -0.4 is 5.84 Å². The highest BCUT2D eigenvalue weighted by Crippen LogP contribution is 2.15. The summed E-state index contributed by atoms with van der Waals surface area (Å²) in [7, 11) is 0. The number of hydrogen-bond donors (Lipinski definition) is 1. The normalized spacial score (nSPS) is 10.8. The number of aromatic nitrogens is 3. The van der Waals surface area contributed by atoms with Gasteiger partial charge in [-0.3, -0.25) is 0 Å². The van der Waals surface area contributed by atoms with E-state index in [4.69, 9.17) is 5.84 Å². The van der Waals surface area contributed by atoms with E-state index in [1.807, 2.05) is 26.0 Å². The molecule has 0 saturated carbocycles. The predicted molar refractivity (Wildman–Crippen MR) is 47.2 cm³/mol. The standard InChI is InChI=1S/C8H10N4/c1-5-3-7-8(4-6(5)2)12(9)11-10-7/h3-4H,9H2,1-2H3. The molecule has 0 aliphatic heterocycles. The fourth-order valence-electron chi connectivity index (χ4n) is 1.19. The van der Waals surface area contributed by atoms with Gasteiger partial charge in [0.2, 0.25) is 0 Å². The first kappa shape index (κ1) is 7.09. The first-order valence-electron chi connectivity index (χ1n) is 3.76. The molecule has 2 rings (SSSR count). The molecule has 0 fully saturated rings. The second-order valence-corrected chi connectivity index (χ2v) is 2.96. The van der Waals surface area contributed by atoms with E-state index in [0.717, 1.165) is 11.0 Å². The van der Waals surface area contributed by atoms with E-state index in [9.17, 15) is 0 Å². The van der Waals surface area contributed by atoms with Gasteiger partial charge in [-0.1, -0.05) is 0 Å². The van der Waals surface area contributed by atoms with Gasteiger partial charge >= 0.3 is 0 Å². The number of fused-ring (bicyclic) bond motifs is 1. The lowest BCUT2D eigenvalue weighted by molar-refractivity contribution is 0.787. The SMILES string of the molecule is Cc1cc2nnn(N)c2cc1C. The Morgan fingerprint density at radius 1 is 1.25 bits per heavy atom. The van der Waals surface area contributed by atoms with Crippen LogP contribution in [0.2, 0.25) is 0 Å². The van der Waals surface area contributed by atoms with Crippen LogP contribution in [0.15, 0.2) is 12.1 Å². The van der Waals surface area contributed by atoms with E-state index >= 15 is 0 Å². The van der Waals surface area contributed by atoms with Crippen LogP contribution >= 0.6 is 0 Å². The molecule has 0 radical (unpaired) electrons. The van der Waals surface area contributed by atoms with Crippen LogP contribution in [0.25, 0.3) is 11.0 Å². The summed E-state index contributed by atoms with van der Waals surface area (Å²) >= 11 is 0. The Bertz CT molecular complexity index is 430. The summed E-state index contributed by atoms with van der Waals surface area (Å²) in [6.07, 6.45) is 0. The van der Waals surface area contributed by atoms with Crippen molar-refractivity contribution in [1.82, 2.24) is 15.1 Å². The Balaban J connectivity index is 2.87. The molecular formula is C8H10N4. The molecule has 1 aromatic carbocycles. The largest absolute Gasteiger partial charge is 0.321 e. The summed E-state index contributed by atoms with van der Waals surface area (Å²) in [5.74, 6) is 5.54. The van der Waals surface area contributed by atoms with Gasteiger partial charge in [0.05, 0.1) is 0 Å². The van der Waals surface area contributed by atoms with Crippen molar-refractivity contribution in [2.24, 2.45) is 0 Å². The van der Waals surface area contributed by atoms with Crippen molar-refractivity contribution in [1.29, 1.82) is 0 Å². The maximum absolute atomic E-state index is 5.54. The van der Waals surface area contributed by atoms with Crippen LogP contribution in [0.3, 0.4) is 0 Å². The summed E-state index contributed by atoms with van der Waals surface area (Å²) in [5.41, 5.74) is 4.14. The lowest BCUT2D eigenvalue weighted by atomic mass is 10.1. The second kappa shape index (κ2) is 2.20. The van der Waals surface area contributed by atoms with Crippen LogP contribution in [0.4, 0.5) is 0 Å². The number of aryl methyl sites for hydroxylation is 2. The molecule has 0 spiro atoms. The zero-order valence-corrected chi connectivity index (χ0v) is 7.07. The Hall–Kier alpha value is -1.58. The van der Waals surface area contributed by atoms with Crippen molar-refractivity contribution in [3.05, 3.63) is 23.3 Å². The summed E-state index contributed by atoms with van der Waals surface area (Å²) in [6, 6.07) is 3.98. The molecule has 0 saturated heterocycles. The molecule has 0 aliphatic rings. The number of nitrogens with two attached hydrogens (primary N) is 1. The van der Waals surface area contributed by atoms with Crippen LogP contribution in [-0.4, -0.2) is 15.1 Å². The van der Waals surface area contributed by atoms with Gasteiger partial charge in [-0.2, -0.15) is 4.79 Å². The molecule has 4 heteroatoms. The molecule has 0 amide bonds. The predicted octanol–water partition coefficient (Wildman–Crippen LogP) is 0.762. The third-order valence-electron chi connectivity index (χ3n) is 2.09. The molecule has 62 valence electrons. The summed E-state index contributed by atoms with van der Waals surface area (Å²) in [5, 5.41) is 7.63.